The normalized spacial score (nSPS) is 22.9. The number of hydrogen-bond donors (Lipinski definition) is 2. The van der Waals surface area contributed by atoms with Gasteiger partial charge in [0.2, 0.25) is 10.0 Å². The topological polar surface area (TPSA) is 83.6 Å². The maximum absolute atomic E-state index is 12.4. The number of aliphatic hydroxyl groups excluding tert-OH is 1. The molecule has 1 aliphatic carbocycles. The van der Waals surface area contributed by atoms with E-state index in [1.54, 1.807) is 13.1 Å². The second-order valence-corrected chi connectivity index (χ2v) is 7.69. The van der Waals surface area contributed by atoms with Crippen molar-refractivity contribution < 1.29 is 13.5 Å². The molecule has 1 aliphatic rings. The first kappa shape index (κ1) is 15.7. The molecule has 0 heterocycles. The van der Waals surface area contributed by atoms with Gasteiger partial charge in [0.15, 0.2) is 0 Å². The highest BCUT2D eigenvalue weighted by molar-refractivity contribution is 7.89. The van der Waals surface area contributed by atoms with Crippen molar-refractivity contribution in [1.29, 1.82) is 0 Å². The van der Waals surface area contributed by atoms with Crippen LogP contribution in [0.25, 0.3) is 0 Å². The largest absolute Gasteiger partial charge is 0.393 e. The lowest BCUT2D eigenvalue weighted by Gasteiger charge is -2.34. The smallest absolute Gasteiger partial charge is 0.242 e. The first-order valence-corrected chi connectivity index (χ1v) is 8.29. The van der Waals surface area contributed by atoms with E-state index in [0.717, 1.165) is 5.56 Å². The van der Waals surface area contributed by atoms with Crippen LogP contribution in [0.15, 0.2) is 23.1 Å². The average Bonchev–Trinajstić information content (AvgIpc) is 2.36. The van der Waals surface area contributed by atoms with Crippen molar-refractivity contribution in [3.05, 3.63) is 28.8 Å². The summed E-state index contributed by atoms with van der Waals surface area (Å²) in [5.41, 5.74) is 6.22. The summed E-state index contributed by atoms with van der Waals surface area (Å²) in [6.45, 7) is 0.685. The minimum atomic E-state index is -3.55. The van der Waals surface area contributed by atoms with Gasteiger partial charge in [0.1, 0.15) is 0 Å². The van der Waals surface area contributed by atoms with Crippen molar-refractivity contribution in [2.45, 2.75) is 30.4 Å². The molecule has 2 rings (SSSR count). The Kier molecular flexibility index (Phi) is 4.71. The fourth-order valence-corrected chi connectivity index (χ4v) is 3.94. The third kappa shape index (κ3) is 3.15. The SMILES string of the molecule is CN(CC1CC(O)C1)S(=O)(=O)c1ccc(CN)c(Cl)c1. The van der Waals surface area contributed by atoms with Crippen LogP contribution in [0.3, 0.4) is 0 Å². The molecule has 0 saturated heterocycles. The molecule has 0 radical (unpaired) electrons. The molecule has 1 aromatic rings. The van der Waals surface area contributed by atoms with Crippen LogP contribution in [0, 0.1) is 5.92 Å². The molecular formula is C13H19ClN2O3S. The predicted octanol–water partition coefficient (Wildman–Crippen LogP) is 1.19. The molecule has 0 bridgehead atoms. The van der Waals surface area contributed by atoms with Gasteiger partial charge < -0.3 is 10.8 Å². The first-order valence-electron chi connectivity index (χ1n) is 6.47. The predicted molar refractivity (Wildman–Crippen MR) is 77.9 cm³/mol. The Labute approximate surface area is 124 Å². The molecule has 1 aromatic carbocycles. The lowest BCUT2D eigenvalue weighted by molar-refractivity contribution is 0.0367. The van der Waals surface area contributed by atoms with E-state index in [2.05, 4.69) is 0 Å². The molecule has 7 heteroatoms. The molecule has 1 fully saturated rings. The Morgan fingerprint density at radius 1 is 1.45 bits per heavy atom. The minimum absolute atomic E-state index is 0.169. The van der Waals surface area contributed by atoms with E-state index >= 15 is 0 Å². The monoisotopic (exact) mass is 318 g/mol. The Morgan fingerprint density at radius 2 is 2.10 bits per heavy atom. The van der Waals surface area contributed by atoms with Crippen LogP contribution in [0.5, 0.6) is 0 Å². The lowest BCUT2D eigenvalue weighted by Crippen LogP contribution is -2.39. The first-order chi connectivity index (χ1) is 9.34. The van der Waals surface area contributed by atoms with Crippen molar-refractivity contribution in [3.63, 3.8) is 0 Å². The second-order valence-electron chi connectivity index (χ2n) is 5.23. The number of aliphatic hydroxyl groups is 1. The molecule has 5 nitrogen and oxygen atoms in total. The third-order valence-corrected chi connectivity index (χ3v) is 5.85. The van der Waals surface area contributed by atoms with Crippen LogP contribution in [-0.2, 0) is 16.6 Å². The van der Waals surface area contributed by atoms with Gasteiger partial charge in [-0.3, -0.25) is 0 Å². The van der Waals surface area contributed by atoms with E-state index in [1.165, 1.54) is 16.4 Å². The molecule has 112 valence electrons. The zero-order chi connectivity index (χ0) is 14.9. The summed E-state index contributed by atoms with van der Waals surface area (Å²) in [5.74, 6) is 0.226. The molecule has 0 spiro atoms. The summed E-state index contributed by atoms with van der Waals surface area (Å²) >= 11 is 6.01. The highest BCUT2D eigenvalue weighted by atomic mass is 35.5. The summed E-state index contributed by atoms with van der Waals surface area (Å²) in [5, 5.41) is 9.61. The number of hydrogen-bond acceptors (Lipinski definition) is 4. The highest BCUT2D eigenvalue weighted by Crippen LogP contribution is 2.29. The maximum atomic E-state index is 12.4. The van der Waals surface area contributed by atoms with E-state index in [9.17, 15) is 13.5 Å². The van der Waals surface area contributed by atoms with Crippen molar-refractivity contribution in [3.8, 4) is 0 Å². The highest BCUT2D eigenvalue weighted by Gasteiger charge is 2.31. The quantitative estimate of drug-likeness (QED) is 0.854. The van der Waals surface area contributed by atoms with Crippen molar-refractivity contribution >= 4 is 21.6 Å². The summed E-state index contributed by atoms with van der Waals surface area (Å²) in [4.78, 5) is 0.169. The number of rotatable bonds is 5. The summed E-state index contributed by atoms with van der Waals surface area (Å²) in [6.07, 6.45) is 1.04. The van der Waals surface area contributed by atoms with Gasteiger partial charge in [-0.05, 0) is 36.5 Å². The summed E-state index contributed by atoms with van der Waals surface area (Å²) < 4.78 is 26.1. The average molecular weight is 319 g/mol. The van der Waals surface area contributed by atoms with Crippen molar-refractivity contribution in [2.24, 2.45) is 11.7 Å². The van der Waals surface area contributed by atoms with Crippen molar-refractivity contribution in [1.82, 2.24) is 4.31 Å². The van der Waals surface area contributed by atoms with E-state index in [0.29, 0.717) is 24.4 Å². The molecule has 0 aliphatic heterocycles. The number of halogens is 1. The third-order valence-electron chi connectivity index (χ3n) is 3.68. The molecule has 3 N–H and O–H groups in total. The van der Waals surface area contributed by atoms with E-state index in [1.807, 2.05) is 0 Å². The Bertz CT molecular complexity index is 585. The van der Waals surface area contributed by atoms with Crippen molar-refractivity contribution in [2.75, 3.05) is 13.6 Å². The number of benzene rings is 1. The van der Waals surface area contributed by atoms with Gasteiger partial charge in [-0.1, -0.05) is 17.7 Å². The van der Waals surface area contributed by atoms with Crippen LogP contribution in [-0.4, -0.2) is 37.5 Å². The van der Waals surface area contributed by atoms with Crippen LogP contribution in [0.4, 0.5) is 0 Å². The van der Waals surface area contributed by atoms with Crippen LogP contribution < -0.4 is 5.73 Å². The van der Waals surface area contributed by atoms with Gasteiger partial charge in [0.25, 0.3) is 0 Å². The van der Waals surface area contributed by atoms with Gasteiger partial charge in [-0.15, -0.1) is 0 Å². The summed E-state index contributed by atoms with van der Waals surface area (Å²) in [7, 11) is -2.00. The Hall–Kier alpha value is -0.660. The Morgan fingerprint density at radius 3 is 2.60 bits per heavy atom. The number of nitrogens with zero attached hydrogens (tertiary/aromatic N) is 1. The summed E-state index contributed by atoms with van der Waals surface area (Å²) in [6, 6.07) is 4.59. The molecule has 20 heavy (non-hydrogen) atoms. The fourth-order valence-electron chi connectivity index (χ4n) is 2.35. The molecule has 0 unspecified atom stereocenters. The second kappa shape index (κ2) is 5.99. The number of sulfonamides is 1. The van der Waals surface area contributed by atoms with E-state index < -0.39 is 10.0 Å². The molecule has 1 saturated carbocycles. The zero-order valence-electron chi connectivity index (χ0n) is 11.3. The van der Waals surface area contributed by atoms with Gasteiger partial charge in [0, 0.05) is 25.2 Å². The standard InChI is InChI=1S/C13H19ClN2O3S/c1-16(8-9-4-11(17)5-9)20(18,19)12-3-2-10(7-15)13(14)6-12/h2-3,6,9,11,17H,4-5,7-8,15H2,1H3. The minimum Gasteiger partial charge on any atom is -0.393 e. The maximum Gasteiger partial charge on any atom is 0.242 e. The number of nitrogens with two attached hydrogens (primary N) is 1. The molecular weight excluding hydrogens is 300 g/mol. The Balaban J connectivity index is 2.14. The van der Waals surface area contributed by atoms with Crippen LogP contribution in [0.2, 0.25) is 5.02 Å². The fraction of sp³-hybridized carbons (Fsp3) is 0.538. The van der Waals surface area contributed by atoms with Gasteiger partial charge >= 0.3 is 0 Å². The van der Waals surface area contributed by atoms with E-state index in [4.69, 9.17) is 17.3 Å². The molecule has 0 amide bonds. The zero-order valence-corrected chi connectivity index (χ0v) is 12.9. The lowest BCUT2D eigenvalue weighted by atomic mass is 9.82. The molecule has 0 atom stereocenters. The van der Waals surface area contributed by atoms with Gasteiger partial charge in [-0.2, -0.15) is 0 Å². The van der Waals surface area contributed by atoms with Crippen LogP contribution >= 0.6 is 11.6 Å². The molecule has 0 aromatic heterocycles. The van der Waals surface area contributed by atoms with Crippen LogP contribution in [0.1, 0.15) is 18.4 Å². The van der Waals surface area contributed by atoms with Gasteiger partial charge in [-0.25, -0.2) is 12.7 Å². The van der Waals surface area contributed by atoms with Gasteiger partial charge in [0.05, 0.1) is 11.0 Å². The van der Waals surface area contributed by atoms with E-state index in [-0.39, 0.29) is 23.5 Å².